The quantitative estimate of drug-likeness (QED) is 0.250. The molecule has 0 aromatic carbocycles. The van der Waals surface area contributed by atoms with Crippen LogP contribution in [0.15, 0.2) is 60.2 Å². The van der Waals surface area contributed by atoms with Gasteiger partial charge in [0, 0.05) is 41.8 Å². The second kappa shape index (κ2) is 10.1. The predicted octanol–water partition coefficient (Wildman–Crippen LogP) is 4.36. The number of halogens is 3. The summed E-state index contributed by atoms with van der Waals surface area (Å²) in [5.41, 5.74) is 13.5. The molecule has 200 valence electrons. The average molecular weight is 526 g/mol. The van der Waals surface area contributed by atoms with E-state index >= 15 is 0 Å². The Hall–Kier alpha value is -3.96. The van der Waals surface area contributed by atoms with E-state index in [1.807, 2.05) is 50.4 Å². The molecule has 8 nitrogen and oxygen atoms in total. The van der Waals surface area contributed by atoms with Crippen LogP contribution in [0.3, 0.4) is 0 Å². The Balaban J connectivity index is 1.78. The molecule has 0 spiro atoms. The molecule has 3 aromatic rings. The number of fused-ring (bicyclic) bond motifs is 2. The van der Waals surface area contributed by atoms with Gasteiger partial charge in [0.15, 0.2) is 0 Å². The molecule has 1 aliphatic rings. The van der Waals surface area contributed by atoms with Gasteiger partial charge >= 0.3 is 6.18 Å². The Bertz CT molecular complexity index is 1500. The minimum Gasteiger partial charge on any atom is -0.340 e. The lowest BCUT2D eigenvalue weighted by atomic mass is 9.94. The number of hydrogen-bond acceptors (Lipinski definition) is 6. The number of nitrogens with one attached hydrogen (secondary N) is 1. The summed E-state index contributed by atoms with van der Waals surface area (Å²) >= 11 is 0. The first-order valence-electron chi connectivity index (χ1n) is 12.0. The van der Waals surface area contributed by atoms with E-state index in [0.717, 1.165) is 46.0 Å². The molecule has 38 heavy (non-hydrogen) atoms. The minimum absolute atomic E-state index is 0.0356. The standard InChI is InChI=1S/C27H30F3N7O/c1-6-14(2)24(15(3)36(5)32)18-9-20-19(11-22(31)25(20)33-12-18)17-7-8-37-23(10-17)21(13-34-37)26(38)35-16(4)27(28,29)30/h6-13,16,22H,31-32H2,1-5H3,(H,35,38)/b14-6+,24-15+/t16-,22+/m1/s1. The van der Waals surface area contributed by atoms with Gasteiger partial charge < -0.3 is 16.1 Å². The number of nitrogens with zero attached hydrogens (tertiary/aromatic N) is 4. The molecule has 0 saturated heterocycles. The Morgan fingerprint density at radius 1 is 1.26 bits per heavy atom. The zero-order valence-electron chi connectivity index (χ0n) is 21.8. The van der Waals surface area contributed by atoms with Gasteiger partial charge in [-0.25, -0.2) is 10.4 Å². The third-order valence-electron chi connectivity index (χ3n) is 6.79. The number of pyridine rings is 2. The smallest absolute Gasteiger partial charge is 0.340 e. The van der Waals surface area contributed by atoms with Crippen molar-refractivity contribution in [1.29, 1.82) is 0 Å². The van der Waals surface area contributed by atoms with Gasteiger partial charge in [-0.1, -0.05) is 12.2 Å². The number of amides is 1. The first kappa shape index (κ1) is 27.1. The van der Waals surface area contributed by atoms with Crippen LogP contribution in [0.2, 0.25) is 0 Å². The highest BCUT2D eigenvalue weighted by Crippen LogP contribution is 2.39. The molecule has 2 atom stereocenters. The van der Waals surface area contributed by atoms with E-state index in [4.69, 9.17) is 11.6 Å². The summed E-state index contributed by atoms with van der Waals surface area (Å²) in [6.07, 6.45) is 4.00. The maximum Gasteiger partial charge on any atom is 0.408 e. The van der Waals surface area contributed by atoms with Crippen LogP contribution < -0.4 is 16.9 Å². The number of nitrogens with two attached hydrogens (primary N) is 2. The summed E-state index contributed by atoms with van der Waals surface area (Å²) < 4.78 is 40.4. The fourth-order valence-corrected chi connectivity index (χ4v) is 4.42. The number of alkyl halides is 3. The van der Waals surface area contributed by atoms with Crippen LogP contribution in [0.25, 0.3) is 16.7 Å². The summed E-state index contributed by atoms with van der Waals surface area (Å²) in [5, 5.41) is 7.68. The molecular weight excluding hydrogens is 495 g/mol. The van der Waals surface area contributed by atoms with Crippen LogP contribution in [-0.2, 0) is 0 Å². The van der Waals surface area contributed by atoms with E-state index in [1.165, 1.54) is 10.7 Å². The summed E-state index contributed by atoms with van der Waals surface area (Å²) in [5.74, 6) is 5.19. The van der Waals surface area contributed by atoms with Crippen molar-refractivity contribution >= 4 is 22.6 Å². The predicted molar refractivity (Wildman–Crippen MR) is 140 cm³/mol. The van der Waals surface area contributed by atoms with Crippen molar-refractivity contribution in [3.63, 3.8) is 0 Å². The molecule has 0 fully saturated rings. The van der Waals surface area contributed by atoms with Gasteiger partial charge in [-0.15, -0.1) is 0 Å². The summed E-state index contributed by atoms with van der Waals surface area (Å²) in [4.78, 5) is 17.3. The lowest BCUT2D eigenvalue weighted by Gasteiger charge is -2.20. The molecule has 4 rings (SSSR count). The Kier molecular flexibility index (Phi) is 7.18. The second-order valence-electron chi connectivity index (χ2n) is 9.35. The van der Waals surface area contributed by atoms with Gasteiger partial charge in [-0.3, -0.25) is 9.78 Å². The lowest BCUT2D eigenvalue weighted by Crippen LogP contribution is -2.43. The fraction of sp³-hybridized carbons (Fsp3) is 0.296. The van der Waals surface area contributed by atoms with Crippen molar-refractivity contribution in [1.82, 2.24) is 24.9 Å². The molecule has 0 unspecified atom stereocenters. The minimum atomic E-state index is -4.56. The number of aromatic nitrogens is 3. The molecule has 1 amide bonds. The highest BCUT2D eigenvalue weighted by atomic mass is 19.4. The van der Waals surface area contributed by atoms with Crippen molar-refractivity contribution in [3.8, 4) is 0 Å². The highest BCUT2D eigenvalue weighted by molar-refractivity contribution is 6.01. The topological polar surface area (TPSA) is 115 Å². The van der Waals surface area contributed by atoms with Gasteiger partial charge in [0.2, 0.25) is 0 Å². The van der Waals surface area contributed by atoms with Crippen LogP contribution in [-0.4, -0.2) is 44.8 Å². The summed E-state index contributed by atoms with van der Waals surface area (Å²) in [6.45, 7) is 6.77. The molecule has 5 N–H and O–H groups in total. The number of rotatable bonds is 6. The maximum absolute atomic E-state index is 13.0. The SMILES string of the molecule is C/C=C(C)/C(=C(/C)N(C)N)c1cnc2c(c1)C(c1ccn3ncc(C(=O)N[C@H](C)C(F)(F)F)c3c1)=C[C@@H]2N. The van der Waals surface area contributed by atoms with E-state index in [2.05, 4.69) is 10.1 Å². The first-order valence-corrected chi connectivity index (χ1v) is 12.0. The number of hydrogen-bond donors (Lipinski definition) is 3. The number of carbonyl (C=O) groups is 1. The van der Waals surface area contributed by atoms with Crippen molar-refractivity contribution in [3.05, 3.63) is 88.2 Å². The maximum atomic E-state index is 13.0. The Morgan fingerprint density at radius 3 is 2.61 bits per heavy atom. The number of hydrazine groups is 1. The average Bonchev–Trinajstić information content (AvgIpc) is 3.43. The van der Waals surface area contributed by atoms with Gasteiger partial charge in [0.1, 0.15) is 6.04 Å². The van der Waals surface area contributed by atoms with Gasteiger partial charge in [-0.2, -0.15) is 18.3 Å². The van der Waals surface area contributed by atoms with Gasteiger partial charge in [-0.05, 0) is 62.6 Å². The van der Waals surface area contributed by atoms with Crippen LogP contribution >= 0.6 is 0 Å². The number of allylic oxidation sites excluding steroid dienone is 4. The molecule has 0 radical (unpaired) electrons. The van der Waals surface area contributed by atoms with Crippen LogP contribution in [0, 0.1) is 0 Å². The van der Waals surface area contributed by atoms with Crippen molar-refractivity contribution in [2.45, 2.75) is 46.0 Å². The van der Waals surface area contributed by atoms with Crippen molar-refractivity contribution < 1.29 is 18.0 Å². The molecule has 0 saturated carbocycles. The molecule has 3 aromatic heterocycles. The molecule has 0 bridgehead atoms. The fourth-order valence-electron chi connectivity index (χ4n) is 4.42. The van der Waals surface area contributed by atoms with Crippen LogP contribution in [0.5, 0.6) is 0 Å². The van der Waals surface area contributed by atoms with E-state index in [0.29, 0.717) is 11.2 Å². The zero-order chi connectivity index (χ0) is 27.9. The normalized spacial score (nSPS) is 17.2. The van der Waals surface area contributed by atoms with E-state index in [-0.39, 0.29) is 5.56 Å². The van der Waals surface area contributed by atoms with Crippen LogP contribution in [0.4, 0.5) is 13.2 Å². The summed E-state index contributed by atoms with van der Waals surface area (Å²) in [6, 6.07) is 3.09. The first-order chi connectivity index (χ1) is 17.8. The third-order valence-corrected chi connectivity index (χ3v) is 6.79. The zero-order valence-corrected chi connectivity index (χ0v) is 21.8. The highest BCUT2D eigenvalue weighted by Gasteiger charge is 2.37. The third kappa shape index (κ3) is 4.94. The summed E-state index contributed by atoms with van der Waals surface area (Å²) in [7, 11) is 1.77. The van der Waals surface area contributed by atoms with E-state index < -0.39 is 24.2 Å². The molecule has 1 aliphatic carbocycles. The molecule has 0 aliphatic heterocycles. The van der Waals surface area contributed by atoms with Gasteiger partial charge in [0.05, 0.1) is 29.0 Å². The van der Waals surface area contributed by atoms with E-state index in [1.54, 1.807) is 30.5 Å². The van der Waals surface area contributed by atoms with E-state index in [9.17, 15) is 18.0 Å². The monoisotopic (exact) mass is 525 g/mol. The molecular formula is C27H30F3N7O. The van der Waals surface area contributed by atoms with Gasteiger partial charge in [0.25, 0.3) is 5.91 Å². The molecule has 11 heteroatoms. The Labute approximate surface area is 218 Å². The largest absolute Gasteiger partial charge is 0.408 e. The van der Waals surface area contributed by atoms with Crippen LogP contribution in [0.1, 0.15) is 66.5 Å². The second-order valence-corrected chi connectivity index (χ2v) is 9.35. The van der Waals surface area contributed by atoms with Crippen molar-refractivity contribution in [2.24, 2.45) is 11.6 Å². The lowest BCUT2D eigenvalue weighted by molar-refractivity contribution is -0.149. The number of carbonyl (C=O) groups excluding carboxylic acids is 1. The van der Waals surface area contributed by atoms with Crippen molar-refractivity contribution in [2.75, 3.05) is 7.05 Å². The molecule has 3 heterocycles. The Morgan fingerprint density at radius 2 is 1.97 bits per heavy atom.